The van der Waals surface area contributed by atoms with E-state index >= 15 is 0 Å². The molecular weight excluding hydrogens is 250 g/mol. The van der Waals surface area contributed by atoms with Crippen LogP contribution in [0.1, 0.15) is 45.7 Å². The van der Waals surface area contributed by atoms with Gasteiger partial charge in [0.25, 0.3) is 0 Å². The molecule has 106 valence electrons. The first-order chi connectivity index (χ1) is 9.45. The molecule has 5 heteroatoms. The highest BCUT2D eigenvalue weighted by atomic mass is 15.2. The molecule has 1 aromatic rings. The van der Waals surface area contributed by atoms with E-state index in [1.807, 2.05) is 0 Å². The van der Waals surface area contributed by atoms with Crippen molar-refractivity contribution in [2.45, 2.75) is 40.0 Å². The zero-order chi connectivity index (χ0) is 14.4. The molecule has 0 amide bonds. The van der Waals surface area contributed by atoms with Gasteiger partial charge in [-0.3, -0.25) is 4.98 Å². The fraction of sp³-hybridized carbons (Fsp3) is 0.600. The highest BCUT2D eigenvalue weighted by Crippen LogP contribution is 2.63. The molecule has 2 unspecified atom stereocenters. The second-order valence-electron chi connectivity index (χ2n) is 6.62. The van der Waals surface area contributed by atoms with Crippen LogP contribution in [0.3, 0.4) is 0 Å². The van der Waals surface area contributed by atoms with Crippen molar-refractivity contribution in [3.05, 3.63) is 24.3 Å². The van der Waals surface area contributed by atoms with Gasteiger partial charge in [-0.1, -0.05) is 20.8 Å². The topological polar surface area (TPSA) is 76.5 Å². The maximum Gasteiger partial charge on any atom is 0.173 e. The lowest BCUT2D eigenvalue weighted by Crippen LogP contribution is -2.32. The monoisotopic (exact) mass is 271 g/mol. The van der Waals surface area contributed by atoms with Crippen LogP contribution >= 0.6 is 0 Å². The maximum absolute atomic E-state index is 5.92. The summed E-state index contributed by atoms with van der Waals surface area (Å²) in [5, 5.41) is 8.65. The first-order valence-corrected chi connectivity index (χ1v) is 7.12. The Kier molecular flexibility index (Phi) is 2.88. The number of fused-ring (bicyclic) bond motifs is 2. The Morgan fingerprint density at radius 2 is 2.15 bits per heavy atom. The van der Waals surface area contributed by atoms with E-state index in [-0.39, 0.29) is 5.41 Å². The molecule has 2 atom stereocenters. The van der Waals surface area contributed by atoms with Gasteiger partial charge in [-0.25, -0.2) is 4.98 Å². The summed E-state index contributed by atoms with van der Waals surface area (Å²) in [5.41, 5.74) is 8.15. The lowest BCUT2D eigenvalue weighted by Gasteiger charge is -2.34. The Morgan fingerprint density at radius 3 is 2.70 bits per heavy atom. The van der Waals surface area contributed by atoms with Crippen LogP contribution in [-0.2, 0) is 0 Å². The average molecular weight is 271 g/mol. The Bertz CT molecular complexity index is 575. The minimum absolute atomic E-state index is 0.157. The van der Waals surface area contributed by atoms with E-state index in [1.54, 1.807) is 18.6 Å². The molecule has 1 heterocycles. The summed E-state index contributed by atoms with van der Waals surface area (Å²) in [5.74, 6) is 1.05. The standard InChI is InChI=1S/C15H21N5/c1-14(2)10-4-5-15(14,3)12(8-10)19-20-13(16)11-9-17-6-7-18-11/h6-7,9-10H,4-5,8H2,1-3H3,(H2,16,20)/b19-12-. The van der Waals surface area contributed by atoms with Gasteiger partial charge in [0.15, 0.2) is 5.84 Å². The van der Waals surface area contributed by atoms with E-state index in [0.717, 1.165) is 12.3 Å². The number of hydrogen-bond acceptors (Lipinski definition) is 4. The Labute approximate surface area is 119 Å². The van der Waals surface area contributed by atoms with Crippen molar-refractivity contribution in [1.82, 2.24) is 9.97 Å². The second kappa shape index (κ2) is 4.36. The zero-order valence-electron chi connectivity index (χ0n) is 12.3. The maximum atomic E-state index is 5.92. The van der Waals surface area contributed by atoms with Gasteiger partial charge in [-0.2, -0.15) is 5.10 Å². The van der Waals surface area contributed by atoms with Crippen LogP contribution in [0.15, 0.2) is 28.8 Å². The van der Waals surface area contributed by atoms with Gasteiger partial charge in [-0.15, -0.1) is 5.10 Å². The largest absolute Gasteiger partial charge is 0.380 e. The van der Waals surface area contributed by atoms with Crippen molar-refractivity contribution >= 4 is 11.5 Å². The van der Waals surface area contributed by atoms with E-state index in [1.165, 1.54) is 18.6 Å². The van der Waals surface area contributed by atoms with Crippen molar-refractivity contribution in [3.8, 4) is 0 Å². The third-order valence-electron chi connectivity index (χ3n) is 5.62. The minimum atomic E-state index is 0.157. The Morgan fingerprint density at radius 1 is 1.35 bits per heavy atom. The molecule has 2 saturated carbocycles. The van der Waals surface area contributed by atoms with Crippen LogP contribution in [0.4, 0.5) is 0 Å². The predicted molar refractivity (Wildman–Crippen MR) is 79.4 cm³/mol. The number of rotatable bonds is 2. The summed E-state index contributed by atoms with van der Waals surface area (Å²) in [6.45, 7) is 7.01. The molecule has 0 aromatic carbocycles. The predicted octanol–water partition coefficient (Wildman–Crippen LogP) is 2.38. The van der Waals surface area contributed by atoms with E-state index in [0.29, 0.717) is 16.9 Å². The molecule has 20 heavy (non-hydrogen) atoms. The van der Waals surface area contributed by atoms with E-state index in [4.69, 9.17) is 5.73 Å². The van der Waals surface area contributed by atoms with Crippen LogP contribution < -0.4 is 5.73 Å². The van der Waals surface area contributed by atoms with E-state index in [9.17, 15) is 0 Å². The second-order valence-corrected chi connectivity index (χ2v) is 6.62. The van der Waals surface area contributed by atoms with Crippen LogP contribution in [0.5, 0.6) is 0 Å². The molecule has 3 rings (SSSR count). The van der Waals surface area contributed by atoms with Crippen LogP contribution in [0.25, 0.3) is 0 Å². The van der Waals surface area contributed by atoms with Crippen LogP contribution in [0, 0.1) is 16.7 Å². The van der Waals surface area contributed by atoms with Gasteiger partial charge in [0.2, 0.25) is 0 Å². The molecule has 0 aliphatic heterocycles. The van der Waals surface area contributed by atoms with Crippen molar-refractivity contribution < 1.29 is 0 Å². The van der Waals surface area contributed by atoms with Crippen LogP contribution in [-0.4, -0.2) is 21.5 Å². The third kappa shape index (κ3) is 1.76. The summed E-state index contributed by atoms with van der Waals surface area (Å²) >= 11 is 0. The van der Waals surface area contributed by atoms with Gasteiger partial charge >= 0.3 is 0 Å². The minimum Gasteiger partial charge on any atom is -0.380 e. The van der Waals surface area contributed by atoms with Crippen molar-refractivity contribution in [2.24, 2.45) is 32.7 Å². The SMILES string of the molecule is CC12CCC(C/C1=N/N=C(\N)c1cnccn1)C2(C)C. The van der Waals surface area contributed by atoms with Gasteiger partial charge in [0.1, 0.15) is 5.69 Å². The van der Waals surface area contributed by atoms with Crippen molar-refractivity contribution in [1.29, 1.82) is 0 Å². The molecule has 2 bridgehead atoms. The highest BCUT2D eigenvalue weighted by Gasteiger charge is 2.59. The average Bonchev–Trinajstić information content (AvgIpc) is 2.78. The number of nitrogens with two attached hydrogens (primary N) is 1. The summed E-state index contributed by atoms with van der Waals surface area (Å²) in [4.78, 5) is 8.12. The lowest BCUT2D eigenvalue weighted by atomic mass is 9.70. The van der Waals surface area contributed by atoms with Crippen LogP contribution in [0.2, 0.25) is 0 Å². The normalized spacial score (nSPS) is 33.9. The lowest BCUT2D eigenvalue weighted by molar-refractivity contribution is 0.194. The van der Waals surface area contributed by atoms with E-state index in [2.05, 4.69) is 40.9 Å². The smallest absolute Gasteiger partial charge is 0.173 e. The molecule has 0 radical (unpaired) electrons. The summed E-state index contributed by atoms with van der Waals surface area (Å²) in [6.07, 6.45) is 8.36. The van der Waals surface area contributed by atoms with Crippen molar-refractivity contribution in [2.75, 3.05) is 0 Å². The molecular formula is C15H21N5. The fourth-order valence-corrected chi connectivity index (χ4v) is 3.68. The number of aromatic nitrogens is 2. The molecule has 0 spiro atoms. The third-order valence-corrected chi connectivity index (χ3v) is 5.62. The molecule has 2 aliphatic carbocycles. The van der Waals surface area contributed by atoms with Gasteiger partial charge in [-0.05, 0) is 30.6 Å². The van der Waals surface area contributed by atoms with Crippen molar-refractivity contribution in [3.63, 3.8) is 0 Å². The highest BCUT2D eigenvalue weighted by molar-refractivity contribution is 5.98. The van der Waals surface area contributed by atoms with E-state index < -0.39 is 0 Å². The first-order valence-electron chi connectivity index (χ1n) is 7.12. The summed E-state index contributed by atoms with van der Waals surface area (Å²) in [6, 6.07) is 0. The molecule has 2 fully saturated rings. The number of amidine groups is 1. The number of hydrogen-bond donors (Lipinski definition) is 1. The summed E-state index contributed by atoms with van der Waals surface area (Å²) < 4.78 is 0. The fourth-order valence-electron chi connectivity index (χ4n) is 3.68. The molecule has 0 saturated heterocycles. The number of nitrogens with zero attached hydrogens (tertiary/aromatic N) is 4. The van der Waals surface area contributed by atoms with Gasteiger partial charge in [0, 0.05) is 23.5 Å². The molecule has 2 N–H and O–H groups in total. The Balaban J connectivity index is 1.88. The first kappa shape index (κ1) is 13.2. The molecule has 5 nitrogen and oxygen atoms in total. The molecule has 1 aromatic heterocycles. The van der Waals surface area contributed by atoms with Gasteiger partial charge in [0.05, 0.1) is 6.20 Å². The Hall–Kier alpha value is -1.78. The molecule has 2 aliphatic rings. The quantitative estimate of drug-likeness (QED) is 0.509. The summed E-state index contributed by atoms with van der Waals surface area (Å²) in [7, 11) is 0. The zero-order valence-corrected chi connectivity index (χ0v) is 12.3. The van der Waals surface area contributed by atoms with Gasteiger partial charge < -0.3 is 5.73 Å².